The molecule has 0 aromatic heterocycles. The Kier molecular flexibility index (Phi) is 3.73. The summed E-state index contributed by atoms with van der Waals surface area (Å²) in [4.78, 5) is 12.7. The number of fused-ring (bicyclic) bond motifs is 4. The molecule has 3 aliphatic rings. The third-order valence-corrected chi connectivity index (χ3v) is 7.59. The van der Waals surface area contributed by atoms with Crippen LogP contribution in [0.5, 0.6) is 11.5 Å². The van der Waals surface area contributed by atoms with E-state index in [1.54, 1.807) is 26.2 Å². The van der Waals surface area contributed by atoms with Crippen LogP contribution in [-0.2, 0) is 14.8 Å². The fourth-order valence-electron chi connectivity index (χ4n) is 4.16. The van der Waals surface area contributed by atoms with Gasteiger partial charge in [-0.2, -0.15) is 0 Å². The lowest BCUT2D eigenvalue weighted by molar-refractivity contribution is -0.132. The van der Waals surface area contributed by atoms with Crippen LogP contribution in [0.1, 0.15) is 37.7 Å². The first-order valence-electron chi connectivity index (χ1n) is 8.52. The van der Waals surface area contributed by atoms with Crippen molar-refractivity contribution in [1.29, 1.82) is 0 Å². The number of carbonyl (C=O) groups excluding carboxylic acids is 1. The van der Waals surface area contributed by atoms with Gasteiger partial charge in [0.2, 0.25) is 15.9 Å². The maximum Gasteiger partial charge on any atom is 0.243 e. The third-order valence-electron chi connectivity index (χ3n) is 5.32. The number of nitrogens with one attached hydrogen (secondary N) is 1. The molecule has 1 amide bonds. The van der Waals surface area contributed by atoms with Crippen LogP contribution in [-0.4, -0.2) is 49.8 Å². The minimum absolute atomic E-state index is 0.426. The third kappa shape index (κ3) is 2.58. The van der Waals surface area contributed by atoms with Gasteiger partial charge in [0.1, 0.15) is 11.5 Å². The highest BCUT2D eigenvalue weighted by Gasteiger charge is 2.55. The van der Waals surface area contributed by atoms with Crippen molar-refractivity contribution in [3.8, 4) is 11.5 Å². The zero-order chi connectivity index (χ0) is 17.8. The molecule has 7 nitrogen and oxygen atoms in total. The van der Waals surface area contributed by atoms with E-state index in [4.69, 9.17) is 9.47 Å². The molecule has 0 aliphatic carbocycles. The van der Waals surface area contributed by atoms with Gasteiger partial charge >= 0.3 is 0 Å². The van der Waals surface area contributed by atoms with Gasteiger partial charge in [0, 0.05) is 31.5 Å². The van der Waals surface area contributed by atoms with Crippen molar-refractivity contribution in [2.45, 2.75) is 43.1 Å². The van der Waals surface area contributed by atoms with Crippen LogP contribution in [0.2, 0.25) is 0 Å². The summed E-state index contributed by atoms with van der Waals surface area (Å²) in [5, 5.41) is 1.66. The summed E-state index contributed by atoms with van der Waals surface area (Å²) in [5.41, 5.74) is -0.154. The Morgan fingerprint density at radius 3 is 2.72 bits per heavy atom. The quantitative estimate of drug-likeness (QED) is 0.869. The Balaban J connectivity index is 1.80. The lowest BCUT2D eigenvalue weighted by Gasteiger charge is -2.47. The van der Waals surface area contributed by atoms with Gasteiger partial charge in [-0.15, -0.1) is 0 Å². The van der Waals surface area contributed by atoms with Gasteiger partial charge in [-0.25, -0.2) is 12.7 Å². The van der Waals surface area contributed by atoms with E-state index in [9.17, 15) is 13.2 Å². The summed E-state index contributed by atoms with van der Waals surface area (Å²) in [5.74, 6) is 0.290. The number of carbonyl (C=O) groups is 1. The Bertz CT molecular complexity index is 818. The molecule has 2 bridgehead atoms. The van der Waals surface area contributed by atoms with Gasteiger partial charge < -0.3 is 14.8 Å². The lowest BCUT2D eigenvalue weighted by atomic mass is 9.81. The molecule has 3 atom stereocenters. The molecular weight excluding hydrogens is 344 g/mol. The van der Waals surface area contributed by atoms with Crippen molar-refractivity contribution in [2.24, 2.45) is 0 Å². The number of sulfonamides is 1. The molecule has 4 rings (SSSR count). The van der Waals surface area contributed by atoms with E-state index in [-0.39, 0.29) is 0 Å². The molecule has 136 valence electrons. The van der Waals surface area contributed by atoms with Crippen LogP contribution in [0.25, 0.3) is 0 Å². The number of amides is 1. The molecule has 2 saturated heterocycles. The first-order chi connectivity index (χ1) is 11.8. The predicted molar refractivity (Wildman–Crippen MR) is 91.0 cm³/mol. The molecule has 0 radical (unpaired) electrons. The number of benzene rings is 1. The van der Waals surface area contributed by atoms with Crippen LogP contribution in [0.3, 0.4) is 0 Å². The van der Waals surface area contributed by atoms with Crippen molar-refractivity contribution in [3.05, 3.63) is 23.8 Å². The summed E-state index contributed by atoms with van der Waals surface area (Å²) in [6, 6.07) is 5.33. The standard InChI is InChI=1S/C17H22N2O5S/c1-17-10-13(12-6-5-11(23-2)9-14(12)24-17)15(16(20)18-17)25(21,22)19-7-3-4-8-19/h5-6,9,13,15H,3-4,7-8,10H2,1-2H3,(H,18,20)/t13-,15-,17-/m1/s1. The molecule has 0 spiro atoms. The van der Waals surface area contributed by atoms with Gasteiger partial charge in [0.15, 0.2) is 11.0 Å². The predicted octanol–water partition coefficient (Wildman–Crippen LogP) is 1.20. The normalized spacial score (nSPS) is 31.8. The number of nitrogens with zero attached hydrogens (tertiary/aromatic N) is 1. The second-order valence-electron chi connectivity index (χ2n) is 7.11. The highest BCUT2D eigenvalue weighted by atomic mass is 32.2. The molecule has 8 heteroatoms. The molecule has 2 fully saturated rings. The molecule has 3 aliphatic heterocycles. The van der Waals surface area contributed by atoms with Crippen LogP contribution >= 0.6 is 0 Å². The maximum absolute atomic E-state index is 13.1. The molecule has 0 saturated carbocycles. The second kappa shape index (κ2) is 5.60. The van der Waals surface area contributed by atoms with Gasteiger partial charge in [-0.05, 0) is 31.4 Å². The van der Waals surface area contributed by atoms with Crippen LogP contribution in [0.4, 0.5) is 0 Å². The molecular formula is C17H22N2O5S. The monoisotopic (exact) mass is 366 g/mol. The topological polar surface area (TPSA) is 84.9 Å². The van der Waals surface area contributed by atoms with Crippen LogP contribution in [0.15, 0.2) is 18.2 Å². The number of hydrogen-bond acceptors (Lipinski definition) is 5. The molecule has 1 aromatic rings. The lowest BCUT2D eigenvalue weighted by Crippen LogP contribution is -2.65. The number of ether oxygens (including phenoxy) is 2. The van der Waals surface area contributed by atoms with E-state index >= 15 is 0 Å². The molecule has 1 N–H and O–H groups in total. The van der Waals surface area contributed by atoms with E-state index < -0.39 is 32.8 Å². The maximum atomic E-state index is 13.1. The van der Waals surface area contributed by atoms with E-state index in [0.717, 1.165) is 18.4 Å². The minimum atomic E-state index is -3.71. The number of methoxy groups -OCH3 is 1. The Hall–Kier alpha value is -1.80. The molecule has 3 heterocycles. The van der Waals surface area contributed by atoms with Crippen molar-refractivity contribution in [2.75, 3.05) is 20.2 Å². The van der Waals surface area contributed by atoms with E-state index in [2.05, 4.69) is 5.32 Å². The van der Waals surface area contributed by atoms with Gasteiger partial charge in [-0.3, -0.25) is 4.79 Å². The molecule has 1 aromatic carbocycles. The number of rotatable bonds is 3. The second-order valence-corrected chi connectivity index (χ2v) is 9.16. The van der Waals surface area contributed by atoms with E-state index in [0.29, 0.717) is 31.0 Å². The summed E-state index contributed by atoms with van der Waals surface area (Å²) >= 11 is 0. The van der Waals surface area contributed by atoms with Crippen molar-refractivity contribution in [1.82, 2.24) is 9.62 Å². The van der Waals surface area contributed by atoms with Crippen molar-refractivity contribution in [3.63, 3.8) is 0 Å². The zero-order valence-electron chi connectivity index (χ0n) is 14.3. The van der Waals surface area contributed by atoms with Crippen LogP contribution < -0.4 is 14.8 Å². The van der Waals surface area contributed by atoms with Crippen molar-refractivity contribution >= 4 is 15.9 Å². The highest BCUT2D eigenvalue weighted by molar-refractivity contribution is 7.90. The van der Waals surface area contributed by atoms with Gasteiger partial charge in [0.05, 0.1) is 7.11 Å². The largest absolute Gasteiger partial charge is 0.497 e. The average molecular weight is 366 g/mol. The molecule has 25 heavy (non-hydrogen) atoms. The number of hydrogen-bond donors (Lipinski definition) is 1. The summed E-state index contributed by atoms with van der Waals surface area (Å²) in [6.45, 7) is 2.75. The van der Waals surface area contributed by atoms with E-state index in [1.165, 1.54) is 4.31 Å². The first kappa shape index (κ1) is 16.7. The van der Waals surface area contributed by atoms with E-state index in [1.807, 2.05) is 6.07 Å². The van der Waals surface area contributed by atoms with Gasteiger partial charge in [-0.1, -0.05) is 6.07 Å². The zero-order valence-corrected chi connectivity index (χ0v) is 15.1. The fraction of sp³-hybridized carbons (Fsp3) is 0.588. The minimum Gasteiger partial charge on any atom is -0.497 e. The fourth-order valence-corrected chi connectivity index (χ4v) is 6.23. The summed E-state index contributed by atoms with van der Waals surface area (Å²) < 4.78 is 38.9. The number of piperidine rings is 1. The Labute approximate surface area is 147 Å². The average Bonchev–Trinajstić information content (AvgIpc) is 3.08. The van der Waals surface area contributed by atoms with Gasteiger partial charge in [0.25, 0.3) is 0 Å². The highest BCUT2D eigenvalue weighted by Crippen LogP contribution is 2.47. The smallest absolute Gasteiger partial charge is 0.243 e. The van der Waals surface area contributed by atoms with Crippen LogP contribution in [0, 0.1) is 0 Å². The first-order valence-corrected chi connectivity index (χ1v) is 10.0. The summed E-state index contributed by atoms with van der Waals surface area (Å²) in [6.07, 6.45) is 2.11. The SMILES string of the molecule is COc1ccc2c(c1)O[C@]1(C)C[C@H]2[C@@H](S(=O)(=O)N2CCCC2)C(=O)N1. The summed E-state index contributed by atoms with van der Waals surface area (Å²) in [7, 11) is -2.15. The molecule has 0 unspecified atom stereocenters. The Morgan fingerprint density at radius 1 is 1.32 bits per heavy atom. The van der Waals surface area contributed by atoms with Crippen molar-refractivity contribution < 1.29 is 22.7 Å². The Morgan fingerprint density at radius 2 is 2.04 bits per heavy atom.